The minimum absolute atomic E-state index is 0.0592. The minimum atomic E-state index is -3.60. The van der Waals surface area contributed by atoms with Crippen LogP contribution in [0.3, 0.4) is 0 Å². The van der Waals surface area contributed by atoms with Crippen molar-refractivity contribution in [2.75, 3.05) is 44.7 Å². The molecule has 1 aliphatic carbocycles. The van der Waals surface area contributed by atoms with Crippen LogP contribution in [0.1, 0.15) is 49.4 Å². The number of anilines is 1. The predicted octanol–water partition coefficient (Wildman–Crippen LogP) is 5.26. The number of methoxy groups -OCH3 is 1. The van der Waals surface area contributed by atoms with Gasteiger partial charge in [0, 0.05) is 44.3 Å². The number of amides is 1. The zero-order valence-corrected chi connectivity index (χ0v) is 24.1. The lowest BCUT2D eigenvalue weighted by atomic mass is 9.95. The Bertz CT molecular complexity index is 1400. The van der Waals surface area contributed by atoms with E-state index >= 15 is 0 Å². The molecule has 0 radical (unpaired) electrons. The fourth-order valence-corrected chi connectivity index (χ4v) is 8.42. The average molecular weight is 577 g/mol. The number of piperazine rings is 1. The van der Waals surface area contributed by atoms with Gasteiger partial charge < -0.3 is 14.5 Å². The third kappa shape index (κ3) is 5.23. The largest absolute Gasteiger partial charge is 0.494 e. The van der Waals surface area contributed by atoms with E-state index in [1.165, 1.54) is 17.8 Å². The Morgan fingerprint density at radius 1 is 1.08 bits per heavy atom. The molecule has 1 aliphatic heterocycles. The van der Waals surface area contributed by atoms with E-state index in [1.54, 1.807) is 40.6 Å². The summed E-state index contributed by atoms with van der Waals surface area (Å²) in [6, 6.07) is 10.1. The standard InChI is InChI=1S/C27H33ClN4O4S2/c1-3-32(20-7-5-4-6-8-20)38(34,35)21-11-9-19(10-12-21)26(33)30-15-17-31(18-16-30)27-29-24-23(36-2)14-13-22(28)25(24)37-27/h9-14,20H,3-8,15-18H2,1-2H3. The molecule has 0 spiro atoms. The highest BCUT2D eigenvalue weighted by Gasteiger charge is 2.31. The van der Waals surface area contributed by atoms with Gasteiger partial charge in [-0.15, -0.1) is 0 Å². The van der Waals surface area contributed by atoms with Gasteiger partial charge >= 0.3 is 0 Å². The van der Waals surface area contributed by atoms with Crippen molar-refractivity contribution in [3.05, 3.63) is 47.0 Å². The van der Waals surface area contributed by atoms with Crippen LogP contribution in [0.5, 0.6) is 5.75 Å². The summed E-state index contributed by atoms with van der Waals surface area (Å²) in [6.45, 7) is 4.72. The average Bonchev–Trinajstić information content (AvgIpc) is 3.41. The van der Waals surface area contributed by atoms with Crippen molar-refractivity contribution in [2.45, 2.75) is 50.0 Å². The van der Waals surface area contributed by atoms with E-state index in [0.29, 0.717) is 49.1 Å². The number of carbonyl (C=O) groups is 1. The number of halogens is 1. The molecule has 38 heavy (non-hydrogen) atoms. The first-order chi connectivity index (χ1) is 18.3. The summed E-state index contributed by atoms with van der Waals surface area (Å²) >= 11 is 7.90. The molecule has 2 aliphatic rings. The summed E-state index contributed by atoms with van der Waals surface area (Å²) in [6.07, 6.45) is 5.12. The minimum Gasteiger partial charge on any atom is -0.494 e. The topological polar surface area (TPSA) is 83.1 Å². The molecule has 0 atom stereocenters. The van der Waals surface area contributed by atoms with Gasteiger partial charge in [0.2, 0.25) is 10.0 Å². The van der Waals surface area contributed by atoms with Crippen LogP contribution >= 0.6 is 22.9 Å². The van der Waals surface area contributed by atoms with Gasteiger partial charge in [-0.25, -0.2) is 13.4 Å². The van der Waals surface area contributed by atoms with Crippen molar-refractivity contribution in [3.63, 3.8) is 0 Å². The van der Waals surface area contributed by atoms with Gasteiger partial charge in [0.05, 0.1) is 21.7 Å². The second kappa shape index (κ2) is 11.4. The van der Waals surface area contributed by atoms with E-state index in [-0.39, 0.29) is 16.8 Å². The lowest BCUT2D eigenvalue weighted by Gasteiger charge is -2.34. The van der Waals surface area contributed by atoms with Gasteiger partial charge in [-0.3, -0.25) is 4.79 Å². The van der Waals surface area contributed by atoms with Crippen molar-refractivity contribution in [3.8, 4) is 5.75 Å². The number of hydrogen-bond donors (Lipinski definition) is 0. The molecule has 2 aromatic carbocycles. The highest BCUT2D eigenvalue weighted by molar-refractivity contribution is 7.89. The van der Waals surface area contributed by atoms with Gasteiger partial charge in [0.15, 0.2) is 5.13 Å². The molecule has 2 fully saturated rings. The molecule has 2 heterocycles. The van der Waals surface area contributed by atoms with Gasteiger partial charge in [-0.05, 0) is 49.2 Å². The second-order valence-electron chi connectivity index (χ2n) is 9.73. The van der Waals surface area contributed by atoms with Crippen LogP contribution in [0.4, 0.5) is 5.13 Å². The highest BCUT2D eigenvalue weighted by atomic mass is 35.5. The number of benzene rings is 2. The molecule has 204 valence electrons. The van der Waals surface area contributed by atoms with Crippen LogP contribution in [0, 0.1) is 0 Å². The molecular weight excluding hydrogens is 544 g/mol. The third-order valence-electron chi connectivity index (χ3n) is 7.51. The Hall–Kier alpha value is -2.40. The van der Waals surface area contributed by atoms with Crippen LogP contribution in [-0.4, -0.2) is 74.4 Å². The second-order valence-corrected chi connectivity index (χ2v) is 13.0. The summed E-state index contributed by atoms with van der Waals surface area (Å²) in [5, 5.41) is 1.50. The van der Waals surface area contributed by atoms with Gasteiger partial charge in [-0.2, -0.15) is 4.31 Å². The molecular formula is C27H33ClN4O4S2. The molecule has 1 saturated heterocycles. The van der Waals surface area contributed by atoms with Crippen molar-refractivity contribution in [2.24, 2.45) is 0 Å². The van der Waals surface area contributed by atoms with Crippen LogP contribution in [0.15, 0.2) is 41.3 Å². The van der Waals surface area contributed by atoms with Crippen molar-refractivity contribution >= 4 is 54.2 Å². The maximum atomic E-state index is 13.3. The summed E-state index contributed by atoms with van der Waals surface area (Å²) in [4.78, 5) is 22.2. The van der Waals surface area contributed by atoms with Gasteiger partial charge in [0.1, 0.15) is 11.3 Å². The zero-order chi connectivity index (χ0) is 26.9. The lowest BCUT2D eigenvalue weighted by Crippen LogP contribution is -2.48. The Morgan fingerprint density at radius 2 is 1.76 bits per heavy atom. The quantitative estimate of drug-likeness (QED) is 0.381. The fraction of sp³-hybridized carbons (Fsp3) is 0.481. The van der Waals surface area contributed by atoms with E-state index in [2.05, 4.69) is 4.90 Å². The Balaban J connectivity index is 1.24. The third-order valence-corrected chi connectivity index (χ3v) is 11.1. The number of fused-ring (bicyclic) bond motifs is 1. The summed E-state index contributed by atoms with van der Waals surface area (Å²) in [7, 11) is -1.98. The first-order valence-corrected chi connectivity index (χ1v) is 15.8. The molecule has 1 saturated carbocycles. The summed E-state index contributed by atoms with van der Waals surface area (Å²) < 4.78 is 34.6. The van der Waals surface area contributed by atoms with E-state index in [9.17, 15) is 13.2 Å². The molecule has 5 rings (SSSR count). The van der Waals surface area contributed by atoms with Crippen molar-refractivity contribution in [1.82, 2.24) is 14.2 Å². The monoisotopic (exact) mass is 576 g/mol. The number of carbonyl (C=O) groups excluding carboxylic acids is 1. The number of hydrogen-bond acceptors (Lipinski definition) is 7. The number of nitrogens with zero attached hydrogens (tertiary/aromatic N) is 4. The molecule has 0 N–H and O–H groups in total. The summed E-state index contributed by atoms with van der Waals surface area (Å²) in [5.74, 6) is 0.592. The predicted molar refractivity (Wildman–Crippen MR) is 152 cm³/mol. The Morgan fingerprint density at radius 3 is 2.39 bits per heavy atom. The van der Waals surface area contributed by atoms with E-state index in [4.69, 9.17) is 21.3 Å². The smallest absolute Gasteiger partial charge is 0.253 e. The number of thiazole rings is 1. The maximum absolute atomic E-state index is 13.3. The number of sulfonamides is 1. The lowest BCUT2D eigenvalue weighted by molar-refractivity contribution is 0.0746. The van der Waals surface area contributed by atoms with Gasteiger partial charge in [-0.1, -0.05) is 49.1 Å². The maximum Gasteiger partial charge on any atom is 0.253 e. The van der Waals surface area contributed by atoms with E-state index in [1.807, 2.05) is 19.1 Å². The normalized spacial score (nSPS) is 17.4. The van der Waals surface area contributed by atoms with Crippen molar-refractivity contribution in [1.29, 1.82) is 0 Å². The van der Waals surface area contributed by atoms with Crippen LogP contribution < -0.4 is 9.64 Å². The Kier molecular flexibility index (Phi) is 8.14. The van der Waals surface area contributed by atoms with E-state index in [0.717, 1.165) is 41.0 Å². The van der Waals surface area contributed by atoms with Crippen LogP contribution in [0.2, 0.25) is 5.02 Å². The SMILES string of the molecule is CCN(C1CCCCC1)S(=O)(=O)c1ccc(C(=O)N2CCN(c3nc4c(OC)ccc(Cl)c4s3)CC2)cc1. The first kappa shape index (κ1) is 27.2. The van der Waals surface area contributed by atoms with Gasteiger partial charge in [0.25, 0.3) is 5.91 Å². The van der Waals surface area contributed by atoms with Crippen LogP contribution in [0.25, 0.3) is 10.2 Å². The Labute approximate surface area is 233 Å². The molecule has 0 unspecified atom stereocenters. The fourth-order valence-electron chi connectivity index (χ4n) is 5.42. The first-order valence-electron chi connectivity index (χ1n) is 13.1. The zero-order valence-electron chi connectivity index (χ0n) is 21.7. The highest BCUT2D eigenvalue weighted by Crippen LogP contribution is 2.39. The number of ether oxygens (including phenoxy) is 1. The number of aromatic nitrogens is 1. The molecule has 3 aromatic rings. The van der Waals surface area contributed by atoms with Crippen LogP contribution in [-0.2, 0) is 10.0 Å². The molecule has 1 amide bonds. The molecule has 11 heteroatoms. The molecule has 0 bridgehead atoms. The van der Waals surface area contributed by atoms with E-state index < -0.39 is 10.0 Å². The number of rotatable bonds is 7. The summed E-state index contributed by atoms with van der Waals surface area (Å²) in [5.41, 5.74) is 1.24. The van der Waals surface area contributed by atoms with Crippen molar-refractivity contribution < 1.29 is 17.9 Å². The molecule has 8 nitrogen and oxygen atoms in total. The molecule has 1 aromatic heterocycles.